The number of carboxylic acid groups (broad SMARTS) is 1. The molecular formula is C21H17N2O7-. The van der Waals surface area contributed by atoms with Gasteiger partial charge in [-0.05, 0) is 18.4 Å². The molecule has 9 nitrogen and oxygen atoms in total. The summed E-state index contributed by atoms with van der Waals surface area (Å²) in [5.74, 6) is -3.57. The summed E-state index contributed by atoms with van der Waals surface area (Å²) in [6.07, 6.45) is -0.310. The molecule has 0 spiro atoms. The minimum atomic E-state index is -1.30. The normalized spacial score (nSPS) is 17.9. The molecule has 1 atom stereocenters. The van der Waals surface area contributed by atoms with Crippen LogP contribution in [0, 0.1) is 10.1 Å². The molecule has 1 unspecified atom stereocenters. The van der Waals surface area contributed by atoms with Gasteiger partial charge in [-0.1, -0.05) is 42.5 Å². The molecular weight excluding hydrogens is 392 g/mol. The standard InChI is InChI=1S/C21H18N2O7/c24-16(25)10-5-11-22-18(14-8-4-9-15(12-14)23(29)30)17(20(27)21(22)28)19(26)13-6-2-1-3-7-13/h1-4,6-9,12,18,26H,5,10-11H2,(H,24,25)/p-1. The van der Waals surface area contributed by atoms with Gasteiger partial charge in [0.25, 0.3) is 17.4 Å². The first-order chi connectivity index (χ1) is 14.3. The Balaban J connectivity index is 2.13. The van der Waals surface area contributed by atoms with Crippen LogP contribution in [0.1, 0.15) is 30.0 Å². The topological polar surface area (TPSA) is 141 Å². The molecule has 0 radical (unpaired) electrons. The number of non-ortho nitro benzene ring substituents is 1. The number of nitro groups is 1. The van der Waals surface area contributed by atoms with E-state index in [1.807, 2.05) is 0 Å². The number of carboxylic acids is 1. The van der Waals surface area contributed by atoms with Crippen LogP contribution in [0.4, 0.5) is 5.69 Å². The molecule has 30 heavy (non-hydrogen) atoms. The Kier molecular flexibility index (Phi) is 5.91. The fourth-order valence-corrected chi connectivity index (χ4v) is 3.41. The van der Waals surface area contributed by atoms with Gasteiger partial charge in [0, 0.05) is 30.2 Å². The molecule has 1 aliphatic heterocycles. The van der Waals surface area contributed by atoms with E-state index >= 15 is 0 Å². The number of Topliss-reactive ketones (excluding diaryl/α,β-unsaturated/α-hetero) is 1. The maximum Gasteiger partial charge on any atom is 0.295 e. The molecule has 1 N–H and O–H groups in total. The van der Waals surface area contributed by atoms with Crippen molar-refractivity contribution in [3.63, 3.8) is 0 Å². The number of aliphatic carboxylic acids is 1. The van der Waals surface area contributed by atoms with Crippen molar-refractivity contribution in [1.82, 2.24) is 4.90 Å². The predicted molar refractivity (Wildman–Crippen MR) is 103 cm³/mol. The molecule has 2 aromatic carbocycles. The Hall–Kier alpha value is -4.01. The first-order valence-electron chi connectivity index (χ1n) is 9.09. The van der Waals surface area contributed by atoms with Crippen LogP contribution < -0.4 is 5.11 Å². The second kappa shape index (κ2) is 8.56. The summed E-state index contributed by atoms with van der Waals surface area (Å²) < 4.78 is 0. The van der Waals surface area contributed by atoms with Crippen LogP contribution in [0.3, 0.4) is 0 Å². The second-order valence-electron chi connectivity index (χ2n) is 6.69. The number of carbonyl (C=O) groups is 3. The minimum absolute atomic E-state index is 0.0200. The van der Waals surface area contributed by atoms with Gasteiger partial charge < -0.3 is 19.9 Å². The van der Waals surface area contributed by atoms with Crippen molar-refractivity contribution in [2.75, 3.05) is 6.54 Å². The lowest BCUT2D eigenvalue weighted by Gasteiger charge is -2.25. The maximum atomic E-state index is 12.8. The smallest absolute Gasteiger partial charge is 0.295 e. The first-order valence-corrected chi connectivity index (χ1v) is 9.09. The third-order valence-electron chi connectivity index (χ3n) is 4.76. The molecule has 1 amide bonds. The average molecular weight is 409 g/mol. The summed E-state index contributed by atoms with van der Waals surface area (Å²) in [7, 11) is 0. The van der Waals surface area contributed by atoms with Crippen molar-refractivity contribution in [3.8, 4) is 0 Å². The van der Waals surface area contributed by atoms with Crippen LogP contribution in [0.5, 0.6) is 0 Å². The Morgan fingerprint density at radius 2 is 1.80 bits per heavy atom. The first kappa shape index (κ1) is 20.7. The fraction of sp³-hybridized carbons (Fsp3) is 0.190. The van der Waals surface area contributed by atoms with E-state index in [9.17, 15) is 34.7 Å². The number of aliphatic hydroxyl groups is 1. The van der Waals surface area contributed by atoms with Crippen molar-refractivity contribution in [1.29, 1.82) is 0 Å². The van der Waals surface area contributed by atoms with Crippen LogP contribution in [-0.2, 0) is 14.4 Å². The Labute approximate surface area is 171 Å². The highest BCUT2D eigenvalue weighted by Gasteiger charge is 2.46. The number of ketones is 1. The van der Waals surface area contributed by atoms with E-state index in [0.29, 0.717) is 5.56 Å². The molecule has 154 valence electrons. The molecule has 9 heteroatoms. The van der Waals surface area contributed by atoms with Crippen LogP contribution >= 0.6 is 0 Å². The summed E-state index contributed by atoms with van der Waals surface area (Å²) in [4.78, 5) is 47.9. The minimum Gasteiger partial charge on any atom is -0.550 e. The molecule has 3 rings (SSSR count). The third kappa shape index (κ3) is 4.04. The second-order valence-corrected chi connectivity index (χ2v) is 6.69. The van der Waals surface area contributed by atoms with Gasteiger partial charge in [-0.25, -0.2) is 0 Å². The van der Waals surface area contributed by atoms with Crippen LogP contribution in [0.25, 0.3) is 5.76 Å². The van der Waals surface area contributed by atoms with E-state index < -0.39 is 34.4 Å². The number of carbonyl (C=O) groups excluding carboxylic acids is 3. The van der Waals surface area contributed by atoms with Crippen molar-refractivity contribution in [3.05, 3.63) is 81.4 Å². The van der Waals surface area contributed by atoms with Crippen LogP contribution in [-0.4, -0.2) is 39.1 Å². The number of hydrogen-bond donors (Lipinski definition) is 1. The maximum absolute atomic E-state index is 12.8. The van der Waals surface area contributed by atoms with Crippen LogP contribution in [0.2, 0.25) is 0 Å². The summed E-state index contributed by atoms with van der Waals surface area (Å²) in [5, 5.41) is 32.7. The molecule has 0 aromatic heterocycles. The lowest BCUT2D eigenvalue weighted by atomic mass is 9.95. The molecule has 1 fully saturated rings. The number of benzene rings is 2. The number of likely N-dealkylation sites (tertiary alicyclic amines) is 1. The van der Waals surface area contributed by atoms with Crippen LogP contribution in [0.15, 0.2) is 60.2 Å². The quantitative estimate of drug-likeness (QED) is 0.240. The van der Waals surface area contributed by atoms with E-state index in [-0.39, 0.29) is 36.2 Å². The Bertz CT molecular complexity index is 1050. The van der Waals surface area contributed by atoms with Gasteiger partial charge in [0.15, 0.2) is 0 Å². The SMILES string of the molecule is O=C([O-])CCCN1C(=O)C(=O)C(=C(O)c2ccccc2)C1c1cccc([N+](=O)[O-])c1. The lowest BCUT2D eigenvalue weighted by molar-refractivity contribution is -0.384. The van der Waals surface area contributed by atoms with Gasteiger partial charge >= 0.3 is 0 Å². The van der Waals surface area contributed by atoms with E-state index in [1.165, 1.54) is 24.3 Å². The zero-order chi connectivity index (χ0) is 21.8. The molecule has 0 saturated carbocycles. The number of nitrogens with zero attached hydrogens (tertiary/aromatic N) is 2. The third-order valence-corrected chi connectivity index (χ3v) is 4.76. The number of nitro benzene ring substituents is 1. The Morgan fingerprint density at radius 1 is 1.10 bits per heavy atom. The number of rotatable bonds is 7. The monoisotopic (exact) mass is 409 g/mol. The highest BCUT2D eigenvalue weighted by molar-refractivity contribution is 6.46. The largest absolute Gasteiger partial charge is 0.550 e. The van der Waals surface area contributed by atoms with Crippen molar-refractivity contribution in [2.24, 2.45) is 0 Å². The fourth-order valence-electron chi connectivity index (χ4n) is 3.41. The summed E-state index contributed by atoms with van der Waals surface area (Å²) in [5.41, 5.74) is 0.114. The number of amides is 1. The molecule has 1 heterocycles. The highest BCUT2D eigenvalue weighted by atomic mass is 16.6. The van der Waals surface area contributed by atoms with Gasteiger partial charge in [-0.2, -0.15) is 0 Å². The van der Waals surface area contributed by atoms with Gasteiger partial charge in [0.05, 0.1) is 16.5 Å². The molecule has 0 aliphatic carbocycles. The summed E-state index contributed by atoms with van der Waals surface area (Å²) >= 11 is 0. The van der Waals surface area contributed by atoms with E-state index in [0.717, 1.165) is 4.90 Å². The summed E-state index contributed by atoms with van der Waals surface area (Å²) in [6.45, 7) is -0.0997. The highest BCUT2D eigenvalue weighted by Crippen LogP contribution is 2.40. The number of hydrogen-bond acceptors (Lipinski definition) is 7. The van der Waals surface area contributed by atoms with Crippen molar-refractivity contribution >= 4 is 29.1 Å². The van der Waals surface area contributed by atoms with Gasteiger partial charge in [0.2, 0.25) is 0 Å². The molecule has 1 saturated heterocycles. The molecule has 2 aromatic rings. The molecule has 1 aliphatic rings. The van der Waals surface area contributed by atoms with Gasteiger partial charge in [-0.15, -0.1) is 0 Å². The van der Waals surface area contributed by atoms with E-state index in [1.54, 1.807) is 30.3 Å². The summed E-state index contributed by atoms with van der Waals surface area (Å²) in [6, 6.07) is 12.4. The van der Waals surface area contributed by atoms with Gasteiger partial charge in [0.1, 0.15) is 5.76 Å². The number of aliphatic hydroxyl groups excluding tert-OH is 1. The Morgan fingerprint density at radius 3 is 2.43 bits per heavy atom. The van der Waals surface area contributed by atoms with Crippen molar-refractivity contribution < 1.29 is 29.5 Å². The zero-order valence-corrected chi connectivity index (χ0v) is 15.7. The van der Waals surface area contributed by atoms with Crippen molar-refractivity contribution in [2.45, 2.75) is 18.9 Å². The van der Waals surface area contributed by atoms with E-state index in [2.05, 4.69) is 0 Å². The molecule has 0 bridgehead atoms. The van der Waals surface area contributed by atoms with E-state index in [4.69, 9.17) is 0 Å². The van der Waals surface area contributed by atoms with Gasteiger partial charge in [-0.3, -0.25) is 19.7 Å². The average Bonchev–Trinajstić information content (AvgIpc) is 2.98. The lowest BCUT2D eigenvalue weighted by Crippen LogP contribution is -2.32. The predicted octanol–water partition coefficient (Wildman–Crippen LogP) is 1.55. The zero-order valence-electron chi connectivity index (χ0n) is 15.7.